The number of amides is 2. The lowest BCUT2D eigenvalue weighted by molar-refractivity contribution is -0.144. The van der Waals surface area contributed by atoms with Gasteiger partial charge in [0.15, 0.2) is 0 Å². The molecule has 3 aromatic heterocycles. The first-order chi connectivity index (χ1) is 19.0. The van der Waals surface area contributed by atoms with Crippen LogP contribution in [0.25, 0.3) is 27.7 Å². The van der Waals surface area contributed by atoms with Gasteiger partial charge in [0.1, 0.15) is 6.33 Å². The molecule has 0 bridgehead atoms. The number of rotatable bonds is 5. The molecule has 2 aliphatic heterocycles. The number of ether oxygens (including phenoxy) is 1. The number of nitrogens with zero attached hydrogens (tertiary/aromatic N) is 5. The fourth-order valence-electron chi connectivity index (χ4n) is 6.42. The third-order valence-corrected chi connectivity index (χ3v) is 8.54. The summed E-state index contributed by atoms with van der Waals surface area (Å²) >= 11 is 0. The Morgan fingerprint density at radius 3 is 2.62 bits per heavy atom. The molecule has 5 heterocycles. The van der Waals surface area contributed by atoms with Gasteiger partial charge in [0.2, 0.25) is 11.8 Å². The Labute approximate surface area is 226 Å². The quantitative estimate of drug-likeness (QED) is 0.381. The highest BCUT2D eigenvalue weighted by atomic mass is 19.4. The predicted octanol–water partition coefficient (Wildman–Crippen LogP) is 3.50. The first-order valence-electron chi connectivity index (χ1n) is 13.2. The van der Waals surface area contributed by atoms with E-state index in [1.807, 2.05) is 18.4 Å². The minimum Gasteiger partial charge on any atom is -0.374 e. The topological polar surface area (TPSA) is 93.8 Å². The lowest BCUT2D eigenvalue weighted by Crippen LogP contribution is -2.40. The molecule has 9 nitrogen and oxygen atoms in total. The highest BCUT2D eigenvalue weighted by Gasteiger charge is 2.72. The van der Waals surface area contributed by atoms with Gasteiger partial charge >= 0.3 is 6.18 Å². The van der Waals surface area contributed by atoms with E-state index in [-0.39, 0.29) is 41.7 Å². The van der Waals surface area contributed by atoms with Crippen LogP contribution < -0.4 is 5.32 Å². The van der Waals surface area contributed by atoms with Crippen molar-refractivity contribution in [1.29, 1.82) is 0 Å². The maximum atomic E-state index is 14.0. The fourth-order valence-corrected chi connectivity index (χ4v) is 6.42. The number of morpholine rings is 1. The minimum atomic E-state index is -4.55. The van der Waals surface area contributed by atoms with E-state index in [0.717, 1.165) is 18.7 Å². The number of hydrogen-bond donors (Lipinski definition) is 1. The SMILES string of the molecule is CC1(C)C2C(=O)N(Cc3cc4c(-c5cc(C(F)(F)F)cc6ccn(CC7CNCCO7)c56)ncnn4c3)C(=O)C21. The second-order valence-electron chi connectivity index (χ2n) is 11.5. The second-order valence-corrected chi connectivity index (χ2v) is 11.5. The van der Waals surface area contributed by atoms with Gasteiger partial charge in [-0.2, -0.15) is 18.3 Å². The van der Waals surface area contributed by atoms with E-state index in [4.69, 9.17) is 4.74 Å². The van der Waals surface area contributed by atoms with Crippen LogP contribution in [0.5, 0.6) is 0 Å². The predicted molar refractivity (Wildman–Crippen MR) is 138 cm³/mol. The molecular weight excluding hydrogens is 525 g/mol. The normalized spacial score (nSPS) is 24.3. The molecule has 3 aliphatic rings. The summed E-state index contributed by atoms with van der Waals surface area (Å²) in [6.45, 7) is 6.34. The summed E-state index contributed by atoms with van der Waals surface area (Å²) in [6.07, 6.45) is 0.0660. The van der Waals surface area contributed by atoms with Crippen LogP contribution >= 0.6 is 0 Å². The van der Waals surface area contributed by atoms with E-state index < -0.39 is 11.7 Å². The molecule has 12 heteroatoms. The van der Waals surface area contributed by atoms with Crippen LogP contribution in [-0.4, -0.2) is 61.7 Å². The van der Waals surface area contributed by atoms with Crippen molar-refractivity contribution in [3.63, 3.8) is 0 Å². The smallest absolute Gasteiger partial charge is 0.374 e. The summed E-state index contributed by atoms with van der Waals surface area (Å²) in [7, 11) is 0. The minimum absolute atomic E-state index is 0.0734. The van der Waals surface area contributed by atoms with Crippen LogP contribution in [0.1, 0.15) is 25.0 Å². The summed E-state index contributed by atoms with van der Waals surface area (Å²) < 4.78 is 51.2. The Hall–Kier alpha value is -3.77. The van der Waals surface area contributed by atoms with E-state index >= 15 is 0 Å². The van der Waals surface area contributed by atoms with Crippen LogP contribution in [0.3, 0.4) is 0 Å². The van der Waals surface area contributed by atoms with E-state index in [0.29, 0.717) is 52.9 Å². The molecule has 7 rings (SSSR count). The number of aromatic nitrogens is 4. The van der Waals surface area contributed by atoms with Crippen LogP contribution in [0.4, 0.5) is 13.2 Å². The van der Waals surface area contributed by atoms with Crippen LogP contribution in [0.15, 0.2) is 43.0 Å². The number of nitrogens with one attached hydrogen (secondary N) is 1. The number of hydrogen-bond acceptors (Lipinski definition) is 6. The van der Waals surface area contributed by atoms with Gasteiger partial charge in [-0.3, -0.25) is 14.5 Å². The third kappa shape index (κ3) is 3.84. The largest absolute Gasteiger partial charge is 0.416 e. The van der Waals surface area contributed by atoms with Gasteiger partial charge in [0, 0.05) is 36.4 Å². The van der Waals surface area contributed by atoms with Crippen molar-refractivity contribution in [2.75, 3.05) is 19.7 Å². The zero-order valence-electron chi connectivity index (χ0n) is 21.9. The number of benzene rings is 1. The average Bonchev–Trinajstić information content (AvgIpc) is 3.26. The highest BCUT2D eigenvalue weighted by Crippen LogP contribution is 2.63. The summed E-state index contributed by atoms with van der Waals surface area (Å²) in [5, 5.41) is 7.98. The van der Waals surface area contributed by atoms with Crippen molar-refractivity contribution in [1.82, 2.24) is 29.4 Å². The molecule has 3 unspecified atom stereocenters. The second kappa shape index (κ2) is 8.61. The van der Waals surface area contributed by atoms with Crippen molar-refractivity contribution < 1.29 is 27.5 Å². The Balaban J connectivity index is 1.31. The number of piperidine rings is 1. The Morgan fingerprint density at radius 1 is 1.15 bits per heavy atom. The van der Waals surface area contributed by atoms with Gasteiger partial charge in [0.25, 0.3) is 0 Å². The number of halogens is 3. The zero-order chi connectivity index (χ0) is 28.0. The lowest BCUT2D eigenvalue weighted by atomic mass is 10.0. The molecule has 208 valence electrons. The lowest BCUT2D eigenvalue weighted by Gasteiger charge is -2.24. The Bertz CT molecular complexity index is 1660. The summed E-state index contributed by atoms with van der Waals surface area (Å²) in [4.78, 5) is 31.5. The van der Waals surface area contributed by atoms with Gasteiger partial charge < -0.3 is 14.6 Å². The number of likely N-dealkylation sites (tertiary alicyclic amines) is 1. The molecule has 4 aromatic rings. The molecule has 1 saturated carbocycles. The monoisotopic (exact) mass is 552 g/mol. The molecule has 0 radical (unpaired) electrons. The highest BCUT2D eigenvalue weighted by molar-refractivity contribution is 6.10. The molecular formula is C28H27F3N6O3. The number of alkyl halides is 3. The zero-order valence-corrected chi connectivity index (χ0v) is 21.9. The molecule has 1 aliphatic carbocycles. The van der Waals surface area contributed by atoms with E-state index in [1.165, 1.54) is 15.7 Å². The molecule has 3 fully saturated rings. The van der Waals surface area contributed by atoms with Crippen LogP contribution in [0.2, 0.25) is 0 Å². The van der Waals surface area contributed by atoms with Crippen LogP contribution in [-0.2, 0) is 33.6 Å². The van der Waals surface area contributed by atoms with E-state index in [9.17, 15) is 22.8 Å². The van der Waals surface area contributed by atoms with Crippen molar-refractivity contribution in [3.8, 4) is 11.3 Å². The standard InChI is InChI=1S/C28H27F3N6O3/c1-27(2)21-22(27)26(39)36(25(21)38)11-15-7-20-23(33-14-34-37(20)12-15)19-9-17(28(29,30)31)8-16-3-5-35(24(16)19)13-18-10-32-4-6-40-18/h3,5,7-9,12,14,18,21-22,32H,4,6,10-11,13H2,1-2H3. The number of carbonyl (C=O) groups is 2. The first-order valence-corrected chi connectivity index (χ1v) is 13.2. The third-order valence-electron chi connectivity index (χ3n) is 8.54. The Kier molecular flexibility index (Phi) is 5.43. The van der Waals surface area contributed by atoms with Gasteiger partial charge in [0.05, 0.1) is 59.9 Å². The van der Waals surface area contributed by atoms with E-state index in [2.05, 4.69) is 15.4 Å². The number of carbonyl (C=O) groups excluding carboxylic acids is 2. The molecule has 0 spiro atoms. The van der Waals surface area contributed by atoms with Crippen molar-refractivity contribution in [2.45, 2.75) is 39.2 Å². The van der Waals surface area contributed by atoms with Gasteiger partial charge in [-0.05, 0) is 35.2 Å². The average molecular weight is 553 g/mol. The fraction of sp³-hybridized carbons (Fsp3) is 0.429. The summed E-state index contributed by atoms with van der Waals surface area (Å²) in [5.74, 6) is -0.944. The van der Waals surface area contributed by atoms with Gasteiger partial charge in [-0.25, -0.2) is 9.50 Å². The molecule has 1 aromatic carbocycles. The van der Waals surface area contributed by atoms with Crippen LogP contribution in [0, 0.1) is 17.3 Å². The first kappa shape index (κ1) is 25.2. The Morgan fingerprint density at radius 2 is 1.93 bits per heavy atom. The van der Waals surface area contributed by atoms with Gasteiger partial charge in [-0.15, -0.1) is 0 Å². The molecule has 3 atom stereocenters. The summed E-state index contributed by atoms with van der Waals surface area (Å²) in [5.41, 5.74) is 1.28. The molecule has 2 saturated heterocycles. The molecule has 1 N–H and O–H groups in total. The van der Waals surface area contributed by atoms with Crippen molar-refractivity contribution >= 4 is 28.2 Å². The maximum absolute atomic E-state index is 14.0. The van der Waals surface area contributed by atoms with Gasteiger partial charge in [-0.1, -0.05) is 13.8 Å². The number of imide groups is 1. The summed E-state index contributed by atoms with van der Waals surface area (Å²) in [6, 6.07) is 5.67. The van der Waals surface area contributed by atoms with E-state index in [1.54, 1.807) is 24.5 Å². The number of fused-ring (bicyclic) bond motifs is 3. The maximum Gasteiger partial charge on any atom is 0.416 e. The van der Waals surface area contributed by atoms with Crippen molar-refractivity contribution in [3.05, 3.63) is 54.1 Å². The molecule has 2 amide bonds. The molecule has 40 heavy (non-hydrogen) atoms. The van der Waals surface area contributed by atoms with Crippen molar-refractivity contribution in [2.24, 2.45) is 17.3 Å².